The Morgan fingerprint density at radius 3 is 2.79 bits per heavy atom. The van der Waals surface area contributed by atoms with E-state index >= 15 is 0 Å². The molecule has 0 aromatic carbocycles. The minimum atomic E-state index is -0.406. The van der Waals surface area contributed by atoms with Crippen LogP contribution in [0.4, 0.5) is 0 Å². The lowest BCUT2D eigenvalue weighted by atomic mass is 10.2. The van der Waals surface area contributed by atoms with Gasteiger partial charge in [-0.2, -0.15) is 5.10 Å². The molecule has 0 unspecified atom stereocenters. The van der Waals surface area contributed by atoms with Crippen LogP contribution in [0.25, 0.3) is 17.5 Å². The normalized spacial score (nSPS) is 14.5. The van der Waals surface area contributed by atoms with Crippen LogP contribution in [0.3, 0.4) is 0 Å². The molecule has 0 amide bonds. The highest BCUT2D eigenvalue weighted by Gasteiger charge is 2.16. The number of esters is 1. The summed E-state index contributed by atoms with van der Waals surface area (Å²) in [5, 5.41) is 4.14. The highest BCUT2D eigenvalue weighted by molar-refractivity contribution is 5.92. The predicted molar refractivity (Wildman–Crippen MR) is 90.0 cm³/mol. The molecule has 7 heteroatoms. The minimum absolute atomic E-state index is 0.318. The van der Waals surface area contributed by atoms with Gasteiger partial charge in [-0.15, -0.1) is 0 Å². The summed E-state index contributed by atoms with van der Waals surface area (Å²) in [6.45, 7) is 4.17. The molecule has 1 aliphatic heterocycles. The quantitative estimate of drug-likeness (QED) is 0.783. The van der Waals surface area contributed by atoms with Gasteiger partial charge in [-0.1, -0.05) is 0 Å². The first-order chi connectivity index (χ1) is 11.7. The van der Waals surface area contributed by atoms with Crippen molar-refractivity contribution in [3.63, 3.8) is 0 Å². The van der Waals surface area contributed by atoms with Gasteiger partial charge in [-0.05, 0) is 25.8 Å². The largest absolute Gasteiger partial charge is 0.462 e. The predicted octanol–water partition coefficient (Wildman–Crippen LogP) is 2.12. The van der Waals surface area contributed by atoms with Gasteiger partial charge in [-0.25, -0.2) is 14.8 Å². The summed E-state index contributed by atoms with van der Waals surface area (Å²) in [6.07, 6.45) is 11.3. The van der Waals surface area contributed by atoms with E-state index < -0.39 is 5.97 Å². The van der Waals surface area contributed by atoms with Crippen molar-refractivity contribution in [1.29, 1.82) is 0 Å². The summed E-state index contributed by atoms with van der Waals surface area (Å²) in [5.41, 5.74) is 1.75. The topological polar surface area (TPSA) is 73.1 Å². The Balaban J connectivity index is 1.94. The third-order valence-electron chi connectivity index (χ3n) is 3.86. The monoisotopic (exact) mass is 327 g/mol. The van der Waals surface area contributed by atoms with Crippen LogP contribution in [0.15, 0.2) is 24.8 Å². The van der Waals surface area contributed by atoms with E-state index in [-0.39, 0.29) is 0 Å². The fourth-order valence-corrected chi connectivity index (χ4v) is 2.63. The molecule has 24 heavy (non-hydrogen) atoms. The highest BCUT2D eigenvalue weighted by atomic mass is 16.5. The number of aryl methyl sites for hydroxylation is 1. The molecule has 2 aromatic heterocycles. The lowest BCUT2D eigenvalue weighted by molar-refractivity contribution is 0.0525. The molecular weight excluding hydrogens is 306 g/mol. The molecule has 0 bridgehead atoms. The van der Waals surface area contributed by atoms with Gasteiger partial charge in [0.05, 0.1) is 24.1 Å². The number of carbonyl (C=O) groups excluding carboxylic acids is 1. The standard InChI is InChI=1S/C17H21N5O2/c1-3-24-17(23)14-11-18-16(13-10-19-21(2)12-13)20-15(14)6-9-22-7-4-5-8-22/h6,9-12H,3-5,7-8H2,1-2H3/b9-6+. The van der Waals surface area contributed by atoms with Crippen LogP contribution in [0.5, 0.6) is 0 Å². The van der Waals surface area contributed by atoms with Crippen LogP contribution < -0.4 is 0 Å². The van der Waals surface area contributed by atoms with Crippen LogP contribution in [0.1, 0.15) is 35.8 Å². The van der Waals surface area contributed by atoms with E-state index in [1.165, 1.54) is 19.0 Å². The summed E-state index contributed by atoms with van der Waals surface area (Å²) < 4.78 is 6.80. The molecule has 1 fully saturated rings. The maximum atomic E-state index is 12.1. The maximum absolute atomic E-state index is 12.1. The molecule has 3 rings (SSSR count). The summed E-state index contributed by atoms with van der Waals surface area (Å²) in [7, 11) is 1.84. The fourth-order valence-electron chi connectivity index (χ4n) is 2.63. The van der Waals surface area contributed by atoms with E-state index in [0.717, 1.165) is 18.7 Å². The van der Waals surface area contributed by atoms with Crippen LogP contribution in [-0.2, 0) is 11.8 Å². The number of hydrogen-bond acceptors (Lipinski definition) is 6. The molecule has 2 aromatic rings. The van der Waals surface area contributed by atoms with E-state index in [4.69, 9.17) is 4.74 Å². The zero-order chi connectivity index (χ0) is 16.9. The Kier molecular flexibility index (Phi) is 4.88. The second-order valence-corrected chi connectivity index (χ2v) is 5.67. The molecule has 0 radical (unpaired) electrons. The van der Waals surface area contributed by atoms with Crippen molar-refractivity contribution in [3.8, 4) is 11.4 Å². The lowest BCUT2D eigenvalue weighted by Crippen LogP contribution is -2.12. The molecule has 7 nitrogen and oxygen atoms in total. The second kappa shape index (κ2) is 7.25. The number of nitrogens with zero attached hydrogens (tertiary/aromatic N) is 5. The molecule has 0 atom stereocenters. The molecular formula is C17H21N5O2. The average molecular weight is 327 g/mol. The number of hydrogen-bond donors (Lipinski definition) is 0. The average Bonchev–Trinajstić information content (AvgIpc) is 3.24. The first-order valence-electron chi connectivity index (χ1n) is 8.13. The van der Waals surface area contributed by atoms with Crippen LogP contribution in [0, 0.1) is 0 Å². The van der Waals surface area contributed by atoms with Gasteiger partial charge >= 0.3 is 5.97 Å². The smallest absolute Gasteiger partial charge is 0.341 e. The van der Waals surface area contributed by atoms with E-state index in [0.29, 0.717) is 23.7 Å². The highest BCUT2D eigenvalue weighted by Crippen LogP contribution is 2.18. The van der Waals surface area contributed by atoms with Gasteiger partial charge in [0.1, 0.15) is 5.56 Å². The fraction of sp³-hybridized carbons (Fsp3) is 0.412. The van der Waals surface area contributed by atoms with Crippen molar-refractivity contribution in [3.05, 3.63) is 36.0 Å². The lowest BCUT2D eigenvalue weighted by Gasteiger charge is -2.11. The molecule has 1 saturated heterocycles. The summed E-state index contributed by atoms with van der Waals surface area (Å²) in [5.74, 6) is 0.133. The summed E-state index contributed by atoms with van der Waals surface area (Å²) in [4.78, 5) is 23.2. The Morgan fingerprint density at radius 2 is 2.12 bits per heavy atom. The number of carbonyl (C=O) groups is 1. The number of likely N-dealkylation sites (tertiary alicyclic amines) is 1. The van der Waals surface area contributed by atoms with E-state index in [1.54, 1.807) is 17.8 Å². The molecule has 0 spiro atoms. The molecule has 3 heterocycles. The van der Waals surface area contributed by atoms with Gasteiger partial charge in [0.15, 0.2) is 5.82 Å². The van der Waals surface area contributed by atoms with Gasteiger partial charge in [0.2, 0.25) is 0 Å². The van der Waals surface area contributed by atoms with E-state index in [1.807, 2.05) is 25.5 Å². The Morgan fingerprint density at radius 1 is 1.33 bits per heavy atom. The molecule has 1 aliphatic rings. The molecule has 0 aliphatic carbocycles. The van der Waals surface area contributed by atoms with Crippen molar-refractivity contribution in [2.45, 2.75) is 19.8 Å². The number of aromatic nitrogens is 4. The van der Waals surface area contributed by atoms with Gasteiger partial charge in [0, 0.05) is 38.7 Å². The van der Waals surface area contributed by atoms with Crippen molar-refractivity contribution in [2.75, 3.05) is 19.7 Å². The van der Waals surface area contributed by atoms with Crippen molar-refractivity contribution < 1.29 is 9.53 Å². The van der Waals surface area contributed by atoms with E-state index in [9.17, 15) is 4.79 Å². The van der Waals surface area contributed by atoms with Gasteiger partial charge in [0.25, 0.3) is 0 Å². The SMILES string of the molecule is CCOC(=O)c1cnc(-c2cnn(C)c2)nc1/C=C/N1CCCC1. The molecule has 0 saturated carbocycles. The third-order valence-corrected chi connectivity index (χ3v) is 3.86. The summed E-state index contributed by atoms with van der Waals surface area (Å²) >= 11 is 0. The van der Waals surface area contributed by atoms with Crippen LogP contribution >= 0.6 is 0 Å². The Labute approximate surface area is 141 Å². The Hall–Kier alpha value is -2.70. The van der Waals surface area contributed by atoms with E-state index in [2.05, 4.69) is 20.0 Å². The van der Waals surface area contributed by atoms with Crippen molar-refractivity contribution >= 4 is 12.0 Å². The first kappa shape index (κ1) is 16.2. The third kappa shape index (κ3) is 3.61. The zero-order valence-corrected chi connectivity index (χ0v) is 14.0. The molecule has 126 valence electrons. The van der Waals surface area contributed by atoms with Crippen LogP contribution in [0.2, 0.25) is 0 Å². The van der Waals surface area contributed by atoms with Crippen LogP contribution in [-0.4, -0.2) is 50.3 Å². The minimum Gasteiger partial charge on any atom is -0.462 e. The molecule has 0 N–H and O–H groups in total. The zero-order valence-electron chi connectivity index (χ0n) is 14.0. The van der Waals surface area contributed by atoms with Crippen molar-refractivity contribution in [1.82, 2.24) is 24.6 Å². The number of ether oxygens (including phenoxy) is 1. The number of rotatable bonds is 5. The Bertz CT molecular complexity index is 747. The van der Waals surface area contributed by atoms with Gasteiger partial charge < -0.3 is 9.64 Å². The maximum Gasteiger partial charge on any atom is 0.341 e. The summed E-state index contributed by atoms with van der Waals surface area (Å²) in [6, 6.07) is 0. The van der Waals surface area contributed by atoms with Gasteiger partial charge in [-0.3, -0.25) is 4.68 Å². The van der Waals surface area contributed by atoms with Crippen molar-refractivity contribution in [2.24, 2.45) is 7.05 Å². The second-order valence-electron chi connectivity index (χ2n) is 5.67. The first-order valence-corrected chi connectivity index (χ1v) is 8.13.